The zero-order valence-corrected chi connectivity index (χ0v) is 18.2. The van der Waals surface area contributed by atoms with Crippen molar-refractivity contribution in [3.05, 3.63) is 95.6 Å². The number of ether oxygens (including phenoxy) is 1. The molecule has 0 fully saturated rings. The van der Waals surface area contributed by atoms with E-state index < -0.39 is 0 Å². The van der Waals surface area contributed by atoms with Gasteiger partial charge in [-0.3, -0.25) is 4.40 Å². The van der Waals surface area contributed by atoms with Gasteiger partial charge < -0.3 is 14.6 Å². The summed E-state index contributed by atoms with van der Waals surface area (Å²) in [5, 5.41) is 14.6. The van der Waals surface area contributed by atoms with Crippen molar-refractivity contribution in [2.24, 2.45) is 7.05 Å². The lowest BCUT2D eigenvalue weighted by Crippen LogP contribution is -2.18. The van der Waals surface area contributed by atoms with Gasteiger partial charge in [0.15, 0.2) is 0 Å². The van der Waals surface area contributed by atoms with Crippen molar-refractivity contribution in [2.75, 3.05) is 12.4 Å². The summed E-state index contributed by atoms with van der Waals surface area (Å²) in [6.07, 6.45) is 3.74. The number of para-hydroxylation sites is 1. The Kier molecular flexibility index (Phi) is 4.79. The smallest absolute Gasteiger partial charge is 0.135 e. The number of methoxy groups -OCH3 is 1. The number of anilines is 1. The number of rotatable bonds is 5. The summed E-state index contributed by atoms with van der Waals surface area (Å²) < 4.78 is 9.61. The lowest BCUT2D eigenvalue weighted by Gasteiger charge is -2.23. The molecule has 0 aliphatic heterocycles. The molecule has 1 N–H and O–H groups in total. The maximum absolute atomic E-state index is 9.83. The molecule has 0 amide bonds. The van der Waals surface area contributed by atoms with Gasteiger partial charge in [0, 0.05) is 24.8 Å². The van der Waals surface area contributed by atoms with Gasteiger partial charge in [0.05, 0.1) is 23.7 Å². The standard InChI is InChI=1S/C26H23N5O/c1-17-13-24(31-22-10-5-4-7-18(22)15-23(31)21(17)16-27)29-25(26-28-11-12-30(26)2)19-8-6-9-20(14-19)32-3/h4-15,25,29H,1-3H3/t25-/m1/s1. The number of imidazole rings is 1. The fraction of sp³-hybridized carbons (Fsp3) is 0.154. The predicted octanol–water partition coefficient (Wildman–Crippen LogP) is 5.22. The average Bonchev–Trinajstić information content (AvgIpc) is 3.41. The monoisotopic (exact) mass is 421 g/mol. The Balaban J connectivity index is 1.75. The van der Waals surface area contributed by atoms with Crippen molar-refractivity contribution < 1.29 is 4.74 Å². The molecule has 32 heavy (non-hydrogen) atoms. The molecule has 0 spiro atoms. The van der Waals surface area contributed by atoms with Crippen LogP contribution in [0.15, 0.2) is 73.1 Å². The number of aryl methyl sites for hydroxylation is 2. The van der Waals surface area contributed by atoms with E-state index in [1.807, 2.05) is 61.1 Å². The summed E-state index contributed by atoms with van der Waals surface area (Å²) >= 11 is 0. The van der Waals surface area contributed by atoms with E-state index in [4.69, 9.17) is 4.74 Å². The number of nitrogens with one attached hydrogen (secondary N) is 1. The van der Waals surface area contributed by atoms with Crippen LogP contribution < -0.4 is 10.1 Å². The van der Waals surface area contributed by atoms with Gasteiger partial charge in [-0.1, -0.05) is 30.3 Å². The van der Waals surface area contributed by atoms with Gasteiger partial charge in [0.2, 0.25) is 0 Å². The molecule has 0 saturated heterocycles. The minimum atomic E-state index is -0.221. The Labute approximate surface area is 186 Å². The molecular weight excluding hydrogens is 398 g/mol. The third kappa shape index (κ3) is 3.15. The third-order valence-electron chi connectivity index (χ3n) is 5.90. The second kappa shape index (κ2) is 7.78. The van der Waals surface area contributed by atoms with Gasteiger partial charge >= 0.3 is 0 Å². The zero-order valence-electron chi connectivity index (χ0n) is 18.2. The van der Waals surface area contributed by atoms with Crippen molar-refractivity contribution in [2.45, 2.75) is 13.0 Å². The van der Waals surface area contributed by atoms with Crippen LogP contribution in [0, 0.1) is 18.3 Å². The molecular formula is C26H23N5O. The van der Waals surface area contributed by atoms with Crippen molar-refractivity contribution in [3.8, 4) is 11.8 Å². The highest BCUT2D eigenvalue weighted by molar-refractivity contribution is 5.91. The van der Waals surface area contributed by atoms with E-state index >= 15 is 0 Å². The molecule has 0 unspecified atom stereocenters. The SMILES string of the molecule is COc1cccc([C@@H](Nc2cc(C)c(C#N)c3cc4ccccc4n23)c2nccn2C)c1. The lowest BCUT2D eigenvalue weighted by molar-refractivity contribution is 0.414. The number of fused-ring (bicyclic) bond motifs is 3. The van der Waals surface area contributed by atoms with Gasteiger partial charge in [-0.25, -0.2) is 4.98 Å². The van der Waals surface area contributed by atoms with Crippen LogP contribution in [0.1, 0.15) is 28.6 Å². The summed E-state index contributed by atoms with van der Waals surface area (Å²) in [5.41, 5.74) is 4.58. The number of nitrogens with zero attached hydrogens (tertiary/aromatic N) is 4. The van der Waals surface area contributed by atoms with E-state index in [0.717, 1.165) is 44.9 Å². The highest BCUT2D eigenvalue weighted by Gasteiger charge is 2.22. The van der Waals surface area contributed by atoms with Crippen LogP contribution in [0.3, 0.4) is 0 Å². The second-order valence-corrected chi connectivity index (χ2v) is 7.87. The Morgan fingerprint density at radius 3 is 2.66 bits per heavy atom. The van der Waals surface area contributed by atoms with Crippen LogP contribution in [-0.2, 0) is 7.05 Å². The summed E-state index contributed by atoms with van der Waals surface area (Å²) in [7, 11) is 3.66. The lowest BCUT2D eigenvalue weighted by atomic mass is 10.0. The van der Waals surface area contributed by atoms with Gasteiger partial charge in [0.1, 0.15) is 29.5 Å². The molecule has 0 aliphatic rings. The van der Waals surface area contributed by atoms with Crippen molar-refractivity contribution >= 4 is 22.2 Å². The number of pyridine rings is 1. The van der Waals surface area contributed by atoms with E-state index in [2.05, 4.69) is 45.0 Å². The first-order valence-corrected chi connectivity index (χ1v) is 10.4. The van der Waals surface area contributed by atoms with Crippen LogP contribution >= 0.6 is 0 Å². The second-order valence-electron chi connectivity index (χ2n) is 7.87. The minimum absolute atomic E-state index is 0.221. The zero-order chi connectivity index (χ0) is 22.2. The maximum Gasteiger partial charge on any atom is 0.135 e. The summed E-state index contributed by atoms with van der Waals surface area (Å²) in [4.78, 5) is 4.63. The van der Waals surface area contributed by atoms with Crippen molar-refractivity contribution in [1.82, 2.24) is 14.0 Å². The molecule has 2 aromatic carbocycles. The van der Waals surface area contributed by atoms with E-state index in [0.29, 0.717) is 5.56 Å². The molecule has 3 heterocycles. The fourth-order valence-corrected chi connectivity index (χ4v) is 4.32. The molecule has 5 aromatic rings. The first-order valence-electron chi connectivity index (χ1n) is 10.4. The third-order valence-corrected chi connectivity index (χ3v) is 5.90. The van der Waals surface area contributed by atoms with Crippen LogP contribution in [0.25, 0.3) is 16.4 Å². The van der Waals surface area contributed by atoms with Crippen LogP contribution in [0.4, 0.5) is 5.82 Å². The molecule has 3 aromatic heterocycles. The molecule has 5 rings (SSSR count). The van der Waals surface area contributed by atoms with Gasteiger partial charge in [0.25, 0.3) is 0 Å². The van der Waals surface area contributed by atoms with Gasteiger partial charge in [-0.15, -0.1) is 0 Å². The number of aromatic nitrogens is 3. The maximum atomic E-state index is 9.83. The number of nitriles is 1. The van der Waals surface area contributed by atoms with E-state index in [9.17, 15) is 5.26 Å². The first-order chi connectivity index (χ1) is 15.6. The van der Waals surface area contributed by atoms with Crippen LogP contribution in [-0.4, -0.2) is 21.1 Å². The fourth-order valence-electron chi connectivity index (χ4n) is 4.32. The first kappa shape index (κ1) is 19.7. The van der Waals surface area contributed by atoms with E-state index in [-0.39, 0.29) is 6.04 Å². The van der Waals surface area contributed by atoms with E-state index in [1.165, 1.54) is 0 Å². The molecule has 1 atom stereocenters. The summed E-state index contributed by atoms with van der Waals surface area (Å²) in [6, 6.07) is 22.5. The number of hydrogen-bond donors (Lipinski definition) is 1. The summed E-state index contributed by atoms with van der Waals surface area (Å²) in [6.45, 7) is 1.97. The molecule has 158 valence electrons. The van der Waals surface area contributed by atoms with Crippen LogP contribution in [0.2, 0.25) is 0 Å². The largest absolute Gasteiger partial charge is 0.497 e. The van der Waals surface area contributed by atoms with Crippen molar-refractivity contribution in [1.29, 1.82) is 5.26 Å². The number of benzene rings is 2. The quantitative estimate of drug-likeness (QED) is 0.423. The average molecular weight is 422 g/mol. The Hall–Kier alpha value is -4.24. The molecule has 0 saturated carbocycles. The molecule has 0 bridgehead atoms. The Morgan fingerprint density at radius 1 is 1.06 bits per heavy atom. The molecule has 6 nitrogen and oxygen atoms in total. The molecule has 0 radical (unpaired) electrons. The summed E-state index contributed by atoms with van der Waals surface area (Å²) in [5.74, 6) is 2.56. The van der Waals surface area contributed by atoms with Gasteiger partial charge in [-0.2, -0.15) is 5.26 Å². The molecule has 0 aliphatic carbocycles. The normalized spacial score (nSPS) is 12.1. The Morgan fingerprint density at radius 2 is 1.91 bits per heavy atom. The minimum Gasteiger partial charge on any atom is -0.497 e. The highest BCUT2D eigenvalue weighted by atomic mass is 16.5. The molecule has 6 heteroatoms. The number of hydrogen-bond acceptors (Lipinski definition) is 4. The van der Waals surface area contributed by atoms with Crippen molar-refractivity contribution in [3.63, 3.8) is 0 Å². The van der Waals surface area contributed by atoms with Gasteiger partial charge in [-0.05, 0) is 48.4 Å². The highest BCUT2D eigenvalue weighted by Crippen LogP contribution is 2.33. The Bertz CT molecular complexity index is 1490. The van der Waals surface area contributed by atoms with E-state index in [1.54, 1.807) is 13.3 Å². The van der Waals surface area contributed by atoms with Crippen LogP contribution in [0.5, 0.6) is 5.75 Å². The topological polar surface area (TPSA) is 67.3 Å². The predicted molar refractivity (Wildman–Crippen MR) is 126 cm³/mol.